The average Bonchev–Trinajstić information content (AvgIpc) is 2.39. The maximum Gasteiger partial charge on any atom is 0.130 e. The number of hydrogen-bond acceptors (Lipinski definition) is 3. The van der Waals surface area contributed by atoms with Crippen LogP contribution in [0.5, 0.6) is 5.75 Å². The molecule has 0 spiro atoms. The summed E-state index contributed by atoms with van der Waals surface area (Å²) in [6, 6.07) is 14.0. The largest absolute Gasteiger partial charge is 0.487 e. The van der Waals surface area contributed by atoms with E-state index in [1.807, 2.05) is 49.5 Å². The van der Waals surface area contributed by atoms with E-state index in [9.17, 15) is 0 Å². The number of hydrogen-bond donors (Lipinski definition) is 1. The van der Waals surface area contributed by atoms with E-state index in [2.05, 4.69) is 17.2 Å². The number of pyridine rings is 1. The van der Waals surface area contributed by atoms with Gasteiger partial charge in [0, 0.05) is 6.54 Å². The van der Waals surface area contributed by atoms with E-state index in [1.54, 1.807) is 0 Å². The van der Waals surface area contributed by atoms with Crippen molar-refractivity contribution in [1.29, 1.82) is 0 Å². The molecule has 0 aliphatic heterocycles. The van der Waals surface area contributed by atoms with Crippen LogP contribution >= 0.6 is 0 Å². The molecular weight excluding hydrogens is 224 g/mol. The van der Waals surface area contributed by atoms with Crippen LogP contribution in [0.3, 0.4) is 0 Å². The lowest BCUT2D eigenvalue weighted by atomic mass is 10.2. The van der Waals surface area contributed by atoms with E-state index < -0.39 is 0 Å². The van der Waals surface area contributed by atoms with E-state index in [-0.39, 0.29) is 0 Å². The Kier molecular flexibility index (Phi) is 4.31. The first kappa shape index (κ1) is 12.6. The fraction of sp³-hybridized carbons (Fsp3) is 0.267. The Morgan fingerprint density at radius 1 is 1.06 bits per heavy atom. The predicted molar refractivity (Wildman–Crippen MR) is 72.5 cm³/mol. The smallest absolute Gasteiger partial charge is 0.130 e. The molecule has 0 unspecified atom stereocenters. The second-order valence-corrected chi connectivity index (χ2v) is 4.25. The van der Waals surface area contributed by atoms with Crippen LogP contribution in [-0.2, 0) is 13.2 Å². The highest BCUT2D eigenvalue weighted by molar-refractivity contribution is 5.26. The van der Waals surface area contributed by atoms with Crippen molar-refractivity contribution in [3.63, 3.8) is 0 Å². The zero-order valence-electron chi connectivity index (χ0n) is 10.8. The van der Waals surface area contributed by atoms with Crippen molar-refractivity contribution in [1.82, 2.24) is 10.3 Å². The Morgan fingerprint density at radius 3 is 2.50 bits per heavy atom. The molecule has 1 aromatic heterocycles. The van der Waals surface area contributed by atoms with Gasteiger partial charge in [-0.25, -0.2) is 0 Å². The highest BCUT2D eigenvalue weighted by Crippen LogP contribution is 2.13. The first-order valence-electron chi connectivity index (χ1n) is 6.07. The minimum Gasteiger partial charge on any atom is -0.487 e. The van der Waals surface area contributed by atoms with E-state index in [4.69, 9.17) is 4.74 Å². The molecule has 0 fully saturated rings. The Balaban J connectivity index is 1.97. The lowest BCUT2D eigenvalue weighted by Crippen LogP contribution is -2.08. The number of nitrogens with one attached hydrogen (secondary N) is 1. The van der Waals surface area contributed by atoms with Crippen molar-refractivity contribution in [3.8, 4) is 5.75 Å². The number of aryl methyl sites for hydroxylation is 1. The summed E-state index contributed by atoms with van der Waals surface area (Å²) in [5, 5.41) is 3.09. The van der Waals surface area contributed by atoms with E-state index in [0.717, 1.165) is 23.7 Å². The van der Waals surface area contributed by atoms with Crippen LogP contribution in [0.15, 0.2) is 42.5 Å². The van der Waals surface area contributed by atoms with Crippen molar-refractivity contribution in [2.75, 3.05) is 7.05 Å². The average molecular weight is 242 g/mol. The maximum absolute atomic E-state index is 5.70. The van der Waals surface area contributed by atoms with Crippen molar-refractivity contribution in [2.24, 2.45) is 0 Å². The molecule has 0 atom stereocenters. The molecule has 3 nitrogen and oxygen atoms in total. The highest BCUT2D eigenvalue weighted by Gasteiger charge is 1.99. The lowest BCUT2D eigenvalue weighted by molar-refractivity contribution is 0.301. The molecule has 3 heteroatoms. The van der Waals surface area contributed by atoms with E-state index >= 15 is 0 Å². The third-order valence-electron chi connectivity index (χ3n) is 2.63. The van der Waals surface area contributed by atoms with Gasteiger partial charge in [-0.05, 0) is 38.2 Å². The quantitative estimate of drug-likeness (QED) is 0.875. The van der Waals surface area contributed by atoms with Gasteiger partial charge in [0.15, 0.2) is 0 Å². The van der Waals surface area contributed by atoms with Crippen LogP contribution in [0, 0.1) is 6.92 Å². The number of aromatic nitrogens is 1. The molecule has 0 aliphatic carbocycles. The van der Waals surface area contributed by atoms with E-state index in [0.29, 0.717) is 6.61 Å². The summed E-state index contributed by atoms with van der Waals surface area (Å²) < 4.78 is 5.70. The molecule has 18 heavy (non-hydrogen) atoms. The molecule has 2 rings (SSSR count). The second-order valence-electron chi connectivity index (χ2n) is 4.25. The van der Waals surface area contributed by atoms with Crippen LogP contribution < -0.4 is 10.1 Å². The minimum absolute atomic E-state index is 0.501. The molecule has 2 aromatic rings. The first-order valence-corrected chi connectivity index (χ1v) is 6.07. The summed E-state index contributed by atoms with van der Waals surface area (Å²) in [6.45, 7) is 3.34. The standard InChI is InChI=1S/C15H18N2O/c1-12-6-8-15(9-7-12)18-11-14-5-3-4-13(17-14)10-16-2/h3-9,16H,10-11H2,1-2H3. The van der Waals surface area contributed by atoms with Gasteiger partial charge in [0.1, 0.15) is 12.4 Å². The Bertz CT molecular complexity index is 494. The fourth-order valence-corrected chi connectivity index (χ4v) is 1.68. The van der Waals surface area contributed by atoms with Crippen molar-refractivity contribution in [2.45, 2.75) is 20.1 Å². The fourth-order valence-electron chi connectivity index (χ4n) is 1.68. The Hall–Kier alpha value is -1.87. The van der Waals surface area contributed by atoms with Gasteiger partial charge in [-0.15, -0.1) is 0 Å². The summed E-state index contributed by atoms with van der Waals surface area (Å²) in [5.74, 6) is 0.876. The molecule has 0 saturated heterocycles. The van der Waals surface area contributed by atoms with Gasteiger partial charge < -0.3 is 10.1 Å². The van der Waals surface area contributed by atoms with Crippen LogP contribution in [0.4, 0.5) is 0 Å². The molecule has 0 bridgehead atoms. The van der Waals surface area contributed by atoms with Crippen LogP contribution in [0.1, 0.15) is 17.0 Å². The van der Waals surface area contributed by atoms with Crippen molar-refractivity contribution < 1.29 is 4.74 Å². The molecule has 1 aromatic carbocycles. The normalized spacial score (nSPS) is 10.3. The summed E-state index contributed by atoms with van der Waals surface area (Å²) in [6.07, 6.45) is 0. The maximum atomic E-state index is 5.70. The number of nitrogens with zero attached hydrogens (tertiary/aromatic N) is 1. The van der Waals surface area contributed by atoms with Crippen molar-refractivity contribution in [3.05, 3.63) is 59.4 Å². The van der Waals surface area contributed by atoms with Gasteiger partial charge in [-0.3, -0.25) is 4.98 Å². The molecule has 0 radical (unpaired) electrons. The SMILES string of the molecule is CNCc1cccc(COc2ccc(C)cc2)n1. The third kappa shape index (κ3) is 3.57. The number of benzene rings is 1. The molecular formula is C15H18N2O. The summed E-state index contributed by atoms with van der Waals surface area (Å²) in [5.41, 5.74) is 3.21. The molecule has 1 N–H and O–H groups in total. The van der Waals surface area contributed by atoms with Crippen LogP contribution in [0.2, 0.25) is 0 Å². The van der Waals surface area contributed by atoms with Crippen molar-refractivity contribution >= 4 is 0 Å². The highest BCUT2D eigenvalue weighted by atomic mass is 16.5. The molecule has 94 valence electrons. The number of ether oxygens (including phenoxy) is 1. The molecule has 0 aliphatic rings. The monoisotopic (exact) mass is 242 g/mol. The van der Waals surface area contributed by atoms with Gasteiger partial charge in [0.05, 0.1) is 11.4 Å². The minimum atomic E-state index is 0.501. The summed E-state index contributed by atoms with van der Waals surface area (Å²) >= 11 is 0. The predicted octanol–water partition coefficient (Wildman–Crippen LogP) is 2.69. The Labute approximate surface area is 108 Å². The molecule has 0 amide bonds. The first-order chi connectivity index (χ1) is 8.78. The van der Waals surface area contributed by atoms with Gasteiger partial charge >= 0.3 is 0 Å². The zero-order valence-corrected chi connectivity index (χ0v) is 10.8. The lowest BCUT2D eigenvalue weighted by Gasteiger charge is -2.07. The Morgan fingerprint density at radius 2 is 1.78 bits per heavy atom. The van der Waals surface area contributed by atoms with Gasteiger partial charge in [-0.1, -0.05) is 23.8 Å². The van der Waals surface area contributed by atoms with Crippen LogP contribution in [-0.4, -0.2) is 12.0 Å². The number of rotatable bonds is 5. The van der Waals surface area contributed by atoms with E-state index in [1.165, 1.54) is 5.56 Å². The van der Waals surface area contributed by atoms with Gasteiger partial charge in [0.2, 0.25) is 0 Å². The summed E-state index contributed by atoms with van der Waals surface area (Å²) in [7, 11) is 1.91. The topological polar surface area (TPSA) is 34.1 Å². The molecule has 0 saturated carbocycles. The zero-order chi connectivity index (χ0) is 12.8. The third-order valence-corrected chi connectivity index (χ3v) is 2.63. The second kappa shape index (κ2) is 6.17. The van der Waals surface area contributed by atoms with Gasteiger partial charge in [-0.2, -0.15) is 0 Å². The van der Waals surface area contributed by atoms with Gasteiger partial charge in [0.25, 0.3) is 0 Å². The molecule has 1 heterocycles. The van der Waals surface area contributed by atoms with Crippen LogP contribution in [0.25, 0.3) is 0 Å². The summed E-state index contributed by atoms with van der Waals surface area (Å²) in [4.78, 5) is 4.51.